The van der Waals surface area contributed by atoms with Crippen LogP contribution in [0.4, 0.5) is 5.95 Å². The Kier molecular flexibility index (Phi) is 4.49. The monoisotopic (exact) mass is 444 g/mol. The average Bonchev–Trinajstić information content (AvgIpc) is 3.52. The number of unbranched alkanes of at least 4 members (excludes halogenated alkanes) is 1. The van der Waals surface area contributed by atoms with Crippen LogP contribution in [0.3, 0.4) is 0 Å². The zero-order valence-corrected chi connectivity index (χ0v) is 18.5. The van der Waals surface area contributed by atoms with Gasteiger partial charge in [-0.3, -0.25) is 9.48 Å². The first-order valence-corrected chi connectivity index (χ1v) is 11.2. The Morgan fingerprint density at radius 1 is 1.18 bits per heavy atom. The van der Waals surface area contributed by atoms with Gasteiger partial charge in [-0.25, -0.2) is 14.4 Å². The number of nitrogens with zero attached hydrogens (tertiary/aromatic N) is 9. The lowest BCUT2D eigenvalue weighted by Crippen LogP contribution is -2.48. The van der Waals surface area contributed by atoms with Crippen LogP contribution in [0, 0.1) is 6.92 Å². The van der Waals surface area contributed by atoms with E-state index in [2.05, 4.69) is 46.6 Å². The summed E-state index contributed by atoms with van der Waals surface area (Å²) in [4.78, 5) is 27.3. The number of nitrogens with one attached hydrogen (secondary N) is 1. The summed E-state index contributed by atoms with van der Waals surface area (Å²) in [5.41, 5.74) is 3.06. The summed E-state index contributed by atoms with van der Waals surface area (Å²) < 4.78 is 5.63. The molecule has 0 amide bonds. The largest absolute Gasteiger partial charge is 0.349 e. The molecule has 1 aliphatic heterocycles. The summed E-state index contributed by atoms with van der Waals surface area (Å²) in [5.74, 6) is 1.91. The lowest BCUT2D eigenvalue weighted by atomic mass is 10.1. The van der Waals surface area contributed by atoms with E-state index in [1.165, 1.54) is 0 Å². The van der Waals surface area contributed by atoms with Crippen molar-refractivity contribution in [1.82, 2.24) is 43.9 Å². The second-order valence-corrected chi connectivity index (χ2v) is 8.45. The molecule has 1 aliphatic rings. The summed E-state index contributed by atoms with van der Waals surface area (Å²) in [6, 6.07) is 4.09. The Labute approximate surface area is 188 Å². The summed E-state index contributed by atoms with van der Waals surface area (Å²) >= 11 is 0. The van der Waals surface area contributed by atoms with Crippen LogP contribution < -0.4 is 10.5 Å². The fourth-order valence-electron chi connectivity index (χ4n) is 4.41. The molecule has 0 aromatic carbocycles. The topological polar surface area (TPSA) is 115 Å². The van der Waals surface area contributed by atoms with Crippen molar-refractivity contribution in [2.45, 2.75) is 39.3 Å². The maximum atomic E-state index is 13.2. The van der Waals surface area contributed by atoms with Crippen molar-refractivity contribution >= 4 is 22.8 Å². The molecule has 0 unspecified atom stereocenters. The molecule has 1 saturated heterocycles. The molecule has 0 atom stereocenters. The van der Waals surface area contributed by atoms with E-state index < -0.39 is 0 Å². The first-order chi connectivity index (χ1) is 16.1. The van der Waals surface area contributed by atoms with Crippen LogP contribution in [-0.4, -0.2) is 57.0 Å². The molecule has 1 fully saturated rings. The van der Waals surface area contributed by atoms with Crippen molar-refractivity contribution in [1.29, 1.82) is 0 Å². The van der Waals surface area contributed by atoms with Gasteiger partial charge in [0.25, 0.3) is 5.56 Å². The molecule has 0 saturated carbocycles. The van der Waals surface area contributed by atoms with E-state index in [4.69, 9.17) is 0 Å². The van der Waals surface area contributed by atoms with E-state index in [1.807, 2.05) is 29.2 Å². The molecule has 5 aromatic heterocycles. The molecule has 168 valence electrons. The highest BCUT2D eigenvalue weighted by atomic mass is 16.1. The molecular formula is C22H24N10O. The van der Waals surface area contributed by atoms with Gasteiger partial charge in [0.15, 0.2) is 0 Å². The van der Waals surface area contributed by atoms with Crippen LogP contribution in [0.15, 0.2) is 41.7 Å². The molecule has 11 nitrogen and oxygen atoms in total. The van der Waals surface area contributed by atoms with E-state index in [0.29, 0.717) is 17.1 Å². The van der Waals surface area contributed by atoms with Gasteiger partial charge in [-0.15, -0.1) is 10.2 Å². The Morgan fingerprint density at radius 3 is 2.79 bits per heavy atom. The van der Waals surface area contributed by atoms with Gasteiger partial charge in [0, 0.05) is 43.8 Å². The van der Waals surface area contributed by atoms with Gasteiger partial charge in [0.05, 0.1) is 23.4 Å². The van der Waals surface area contributed by atoms with Crippen LogP contribution in [-0.2, 0) is 6.54 Å². The predicted molar refractivity (Wildman–Crippen MR) is 123 cm³/mol. The Morgan fingerprint density at radius 2 is 2.00 bits per heavy atom. The van der Waals surface area contributed by atoms with E-state index in [-0.39, 0.29) is 11.6 Å². The van der Waals surface area contributed by atoms with Crippen molar-refractivity contribution in [3.8, 4) is 11.3 Å². The number of hydrogen-bond acceptors (Lipinski definition) is 7. The van der Waals surface area contributed by atoms with Crippen molar-refractivity contribution in [2.24, 2.45) is 0 Å². The van der Waals surface area contributed by atoms with E-state index in [9.17, 15) is 4.79 Å². The smallest absolute Gasteiger partial charge is 0.284 e. The molecule has 0 bridgehead atoms. The SMILES string of the molecule is CCCCn1c2cc(-c3cnn(C4CN(c5ncccn5)C4)c3)[nH]c2c(=O)n2c(C)nnc12. The summed E-state index contributed by atoms with van der Waals surface area (Å²) in [5, 5.41) is 13.0. The maximum Gasteiger partial charge on any atom is 0.284 e. The minimum atomic E-state index is -0.133. The van der Waals surface area contributed by atoms with Crippen molar-refractivity contribution in [3.63, 3.8) is 0 Å². The second kappa shape index (κ2) is 7.54. The van der Waals surface area contributed by atoms with Crippen LogP contribution in [0.25, 0.3) is 28.1 Å². The number of aromatic nitrogens is 9. The molecule has 0 spiro atoms. The molecule has 11 heteroatoms. The normalized spacial score (nSPS) is 14.4. The first-order valence-electron chi connectivity index (χ1n) is 11.2. The Balaban J connectivity index is 1.34. The third-order valence-electron chi connectivity index (χ3n) is 6.27. The highest BCUT2D eigenvalue weighted by Crippen LogP contribution is 2.28. The van der Waals surface area contributed by atoms with Gasteiger partial charge >= 0.3 is 0 Å². The van der Waals surface area contributed by atoms with Gasteiger partial charge in [-0.1, -0.05) is 13.3 Å². The molecule has 0 radical (unpaired) electrons. The predicted octanol–water partition coefficient (Wildman–Crippen LogP) is 2.20. The van der Waals surface area contributed by atoms with E-state index >= 15 is 0 Å². The third-order valence-corrected chi connectivity index (χ3v) is 6.27. The minimum absolute atomic E-state index is 0.133. The number of fused-ring (bicyclic) bond motifs is 2. The fourth-order valence-corrected chi connectivity index (χ4v) is 4.41. The molecule has 33 heavy (non-hydrogen) atoms. The van der Waals surface area contributed by atoms with Crippen LogP contribution in [0.5, 0.6) is 0 Å². The van der Waals surface area contributed by atoms with Crippen LogP contribution >= 0.6 is 0 Å². The summed E-state index contributed by atoms with van der Waals surface area (Å²) in [6.07, 6.45) is 9.40. The molecule has 0 aliphatic carbocycles. The molecular weight excluding hydrogens is 420 g/mol. The number of hydrogen-bond donors (Lipinski definition) is 1. The summed E-state index contributed by atoms with van der Waals surface area (Å²) in [7, 11) is 0. The van der Waals surface area contributed by atoms with Gasteiger partial charge in [-0.2, -0.15) is 5.10 Å². The Hall–Kier alpha value is -4.02. The fraction of sp³-hybridized carbons (Fsp3) is 0.364. The molecule has 6 heterocycles. The zero-order valence-electron chi connectivity index (χ0n) is 18.5. The average molecular weight is 445 g/mol. The highest BCUT2D eigenvalue weighted by Gasteiger charge is 2.30. The van der Waals surface area contributed by atoms with Gasteiger partial charge in [0.1, 0.15) is 11.3 Å². The van der Waals surface area contributed by atoms with Gasteiger partial charge in [-0.05, 0) is 25.5 Å². The standard InChI is InChI=1S/C22H24N10O/c1-3-4-8-30-18-9-17(26-19(18)20(33)32-14(2)27-28-22(30)32)15-10-25-31(11-15)16-12-29(13-16)21-23-6-5-7-24-21/h5-7,9-11,16,26H,3-4,8,12-13H2,1-2H3. The van der Waals surface area contributed by atoms with Gasteiger partial charge in [0.2, 0.25) is 11.7 Å². The second-order valence-electron chi connectivity index (χ2n) is 8.45. The number of rotatable bonds is 6. The van der Waals surface area contributed by atoms with Crippen molar-refractivity contribution in [2.75, 3.05) is 18.0 Å². The number of aromatic amines is 1. The third kappa shape index (κ3) is 3.11. The van der Waals surface area contributed by atoms with Crippen LogP contribution in [0.1, 0.15) is 31.6 Å². The number of aryl methyl sites for hydroxylation is 2. The van der Waals surface area contributed by atoms with Crippen LogP contribution in [0.2, 0.25) is 0 Å². The highest BCUT2D eigenvalue weighted by molar-refractivity contribution is 5.83. The maximum absolute atomic E-state index is 13.2. The summed E-state index contributed by atoms with van der Waals surface area (Å²) in [6.45, 7) is 6.33. The first kappa shape index (κ1) is 19.6. The van der Waals surface area contributed by atoms with E-state index in [0.717, 1.165) is 55.2 Å². The lowest BCUT2D eigenvalue weighted by molar-refractivity contribution is 0.363. The Bertz CT molecular complexity index is 1500. The van der Waals surface area contributed by atoms with Gasteiger partial charge < -0.3 is 14.5 Å². The lowest BCUT2D eigenvalue weighted by Gasteiger charge is -2.39. The molecule has 6 rings (SSSR count). The number of H-pyrrole nitrogens is 1. The minimum Gasteiger partial charge on any atom is -0.349 e. The van der Waals surface area contributed by atoms with E-state index in [1.54, 1.807) is 23.7 Å². The quantitative estimate of drug-likeness (QED) is 0.427. The zero-order chi connectivity index (χ0) is 22.5. The van der Waals surface area contributed by atoms with Crippen molar-refractivity contribution in [3.05, 3.63) is 53.1 Å². The molecule has 1 N–H and O–H groups in total. The number of anilines is 1. The van der Waals surface area contributed by atoms with Crippen molar-refractivity contribution < 1.29 is 0 Å². The molecule has 5 aromatic rings.